The number of nitrogens with two attached hydrogens (primary N) is 1. The molecule has 4 N–H and O–H groups in total. The summed E-state index contributed by atoms with van der Waals surface area (Å²) in [5.74, 6) is -0.527. The minimum Gasteiger partial charge on any atom is -0.366 e. The average Bonchev–Trinajstić information content (AvgIpc) is 2.49. The van der Waals surface area contributed by atoms with E-state index in [-0.39, 0.29) is 11.3 Å². The van der Waals surface area contributed by atoms with E-state index in [0.717, 1.165) is 38.8 Å². The summed E-state index contributed by atoms with van der Waals surface area (Å²) in [7, 11) is 0. The van der Waals surface area contributed by atoms with Crippen molar-refractivity contribution >= 4 is 17.5 Å². The number of amides is 2. The van der Waals surface area contributed by atoms with Crippen LogP contribution in [-0.2, 0) is 4.79 Å². The highest BCUT2D eigenvalue weighted by atomic mass is 16.2. The molecule has 1 aromatic rings. The highest BCUT2D eigenvalue weighted by molar-refractivity contribution is 6.04. The van der Waals surface area contributed by atoms with E-state index >= 15 is 0 Å². The van der Waals surface area contributed by atoms with Gasteiger partial charge < -0.3 is 16.4 Å². The van der Waals surface area contributed by atoms with Crippen molar-refractivity contribution in [3.05, 3.63) is 29.8 Å². The Morgan fingerprint density at radius 2 is 1.95 bits per heavy atom. The zero-order chi connectivity index (χ0) is 15.3. The summed E-state index contributed by atoms with van der Waals surface area (Å²) in [5.41, 5.74) is 5.87. The lowest BCUT2D eigenvalue weighted by atomic mass is 9.74. The molecule has 114 valence electrons. The van der Waals surface area contributed by atoms with Crippen molar-refractivity contribution in [2.24, 2.45) is 11.1 Å². The Kier molecular flexibility index (Phi) is 4.96. The summed E-state index contributed by atoms with van der Waals surface area (Å²) in [6, 6.07) is 6.88. The smallest absolute Gasteiger partial charge is 0.250 e. The predicted molar refractivity (Wildman–Crippen MR) is 83.0 cm³/mol. The van der Waals surface area contributed by atoms with Gasteiger partial charge in [0.15, 0.2) is 0 Å². The van der Waals surface area contributed by atoms with Gasteiger partial charge >= 0.3 is 0 Å². The summed E-state index contributed by atoms with van der Waals surface area (Å²) >= 11 is 0. The van der Waals surface area contributed by atoms with Crippen molar-refractivity contribution in [2.45, 2.75) is 32.6 Å². The van der Waals surface area contributed by atoms with Gasteiger partial charge in [-0.05, 0) is 44.5 Å². The van der Waals surface area contributed by atoms with E-state index in [4.69, 9.17) is 5.73 Å². The van der Waals surface area contributed by atoms with Crippen molar-refractivity contribution in [1.82, 2.24) is 5.32 Å². The molecule has 1 heterocycles. The third-order valence-electron chi connectivity index (χ3n) is 4.21. The molecule has 5 heteroatoms. The molecule has 2 rings (SSSR count). The SMILES string of the molecule is CCCC1(C(=O)Nc2ccccc2C(N)=O)CCNCC1. The van der Waals surface area contributed by atoms with Gasteiger partial charge in [-0.3, -0.25) is 9.59 Å². The van der Waals surface area contributed by atoms with E-state index in [2.05, 4.69) is 17.6 Å². The Morgan fingerprint density at radius 3 is 2.57 bits per heavy atom. The maximum atomic E-state index is 12.8. The van der Waals surface area contributed by atoms with E-state index in [1.54, 1.807) is 24.3 Å². The van der Waals surface area contributed by atoms with Crippen LogP contribution in [0, 0.1) is 5.41 Å². The molecule has 0 unspecified atom stereocenters. The largest absolute Gasteiger partial charge is 0.366 e. The first-order valence-electron chi connectivity index (χ1n) is 7.50. The molecule has 0 saturated carbocycles. The maximum absolute atomic E-state index is 12.8. The Labute approximate surface area is 125 Å². The molecule has 0 spiro atoms. The first kappa shape index (κ1) is 15.5. The standard InChI is InChI=1S/C16H23N3O2/c1-2-7-16(8-10-18-11-9-16)15(21)19-13-6-4-3-5-12(13)14(17)20/h3-6,18H,2,7-11H2,1H3,(H2,17,20)(H,19,21). The van der Waals surface area contributed by atoms with E-state index in [0.29, 0.717) is 11.3 Å². The monoisotopic (exact) mass is 289 g/mol. The molecule has 1 aliphatic rings. The Morgan fingerprint density at radius 1 is 1.29 bits per heavy atom. The summed E-state index contributed by atoms with van der Waals surface area (Å²) in [6.45, 7) is 3.80. The van der Waals surface area contributed by atoms with E-state index in [1.807, 2.05) is 0 Å². The van der Waals surface area contributed by atoms with Gasteiger partial charge in [0.05, 0.1) is 16.7 Å². The van der Waals surface area contributed by atoms with Gasteiger partial charge in [0, 0.05) is 0 Å². The van der Waals surface area contributed by atoms with E-state index in [1.165, 1.54) is 0 Å². The molecule has 0 aromatic heterocycles. The summed E-state index contributed by atoms with van der Waals surface area (Å²) in [4.78, 5) is 24.2. The highest BCUT2D eigenvalue weighted by Gasteiger charge is 2.38. The molecule has 1 aliphatic heterocycles. The van der Waals surface area contributed by atoms with Crippen molar-refractivity contribution in [3.63, 3.8) is 0 Å². The van der Waals surface area contributed by atoms with Crippen LogP contribution in [0.2, 0.25) is 0 Å². The number of carbonyl (C=O) groups is 2. The van der Waals surface area contributed by atoms with Gasteiger partial charge in [-0.25, -0.2) is 0 Å². The molecule has 0 radical (unpaired) electrons. The second-order valence-corrected chi connectivity index (χ2v) is 5.64. The van der Waals surface area contributed by atoms with E-state index in [9.17, 15) is 9.59 Å². The van der Waals surface area contributed by atoms with Crippen molar-refractivity contribution in [1.29, 1.82) is 0 Å². The van der Waals surface area contributed by atoms with Gasteiger partial charge in [0.25, 0.3) is 5.91 Å². The van der Waals surface area contributed by atoms with E-state index < -0.39 is 5.91 Å². The molecular formula is C16H23N3O2. The van der Waals surface area contributed by atoms with Gasteiger partial charge in [0.2, 0.25) is 5.91 Å². The number of primary amides is 1. The number of nitrogens with one attached hydrogen (secondary N) is 2. The summed E-state index contributed by atoms with van der Waals surface area (Å²) < 4.78 is 0. The second-order valence-electron chi connectivity index (χ2n) is 5.64. The van der Waals surface area contributed by atoms with Gasteiger partial charge in [-0.15, -0.1) is 0 Å². The zero-order valence-electron chi connectivity index (χ0n) is 12.4. The van der Waals surface area contributed by atoms with Crippen LogP contribution in [0.15, 0.2) is 24.3 Å². The fourth-order valence-electron chi connectivity index (χ4n) is 3.04. The predicted octanol–water partition coefficient (Wildman–Crippen LogP) is 1.89. The van der Waals surface area contributed by atoms with Crippen LogP contribution >= 0.6 is 0 Å². The number of carbonyl (C=O) groups excluding carboxylic acids is 2. The lowest BCUT2D eigenvalue weighted by Gasteiger charge is -2.36. The molecule has 0 bridgehead atoms. The molecule has 0 atom stereocenters. The molecule has 21 heavy (non-hydrogen) atoms. The van der Waals surface area contributed by atoms with Crippen molar-refractivity contribution < 1.29 is 9.59 Å². The average molecular weight is 289 g/mol. The minimum atomic E-state index is -0.527. The third kappa shape index (κ3) is 3.42. The molecule has 1 aromatic carbocycles. The number of para-hydroxylation sites is 1. The zero-order valence-corrected chi connectivity index (χ0v) is 12.4. The van der Waals surface area contributed by atoms with Crippen LogP contribution in [0.1, 0.15) is 43.0 Å². The van der Waals surface area contributed by atoms with Crippen LogP contribution in [0.4, 0.5) is 5.69 Å². The Hall–Kier alpha value is -1.88. The van der Waals surface area contributed by atoms with Crippen LogP contribution < -0.4 is 16.4 Å². The minimum absolute atomic E-state index is 0.000417. The first-order chi connectivity index (χ1) is 10.1. The van der Waals surface area contributed by atoms with Crippen LogP contribution in [0.3, 0.4) is 0 Å². The molecule has 1 fully saturated rings. The molecule has 2 amide bonds. The molecule has 0 aliphatic carbocycles. The normalized spacial score (nSPS) is 17.2. The summed E-state index contributed by atoms with van der Waals surface area (Å²) in [6.07, 6.45) is 3.47. The topological polar surface area (TPSA) is 84.2 Å². The molecule has 1 saturated heterocycles. The van der Waals surface area contributed by atoms with Gasteiger partial charge in [0.1, 0.15) is 0 Å². The number of hydrogen-bond acceptors (Lipinski definition) is 3. The first-order valence-corrected chi connectivity index (χ1v) is 7.50. The molecule has 5 nitrogen and oxygen atoms in total. The Bertz CT molecular complexity index is 516. The van der Waals surface area contributed by atoms with Crippen LogP contribution in [-0.4, -0.2) is 24.9 Å². The number of anilines is 1. The number of hydrogen-bond donors (Lipinski definition) is 3. The van der Waals surface area contributed by atoms with Gasteiger partial charge in [-0.2, -0.15) is 0 Å². The lowest BCUT2D eigenvalue weighted by Crippen LogP contribution is -2.45. The van der Waals surface area contributed by atoms with Crippen molar-refractivity contribution in [2.75, 3.05) is 18.4 Å². The summed E-state index contributed by atoms with van der Waals surface area (Å²) in [5, 5.41) is 6.21. The van der Waals surface area contributed by atoms with Gasteiger partial charge in [-0.1, -0.05) is 25.5 Å². The quantitative estimate of drug-likeness (QED) is 0.774. The van der Waals surface area contributed by atoms with Crippen LogP contribution in [0.5, 0.6) is 0 Å². The Balaban J connectivity index is 2.21. The molecular weight excluding hydrogens is 266 g/mol. The second kappa shape index (κ2) is 6.72. The number of rotatable bonds is 5. The number of benzene rings is 1. The maximum Gasteiger partial charge on any atom is 0.250 e. The highest BCUT2D eigenvalue weighted by Crippen LogP contribution is 2.35. The van der Waals surface area contributed by atoms with Crippen molar-refractivity contribution in [3.8, 4) is 0 Å². The number of piperidine rings is 1. The van der Waals surface area contributed by atoms with Crippen LogP contribution in [0.25, 0.3) is 0 Å². The lowest BCUT2D eigenvalue weighted by molar-refractivity contribution is -0.127. The fourth-order valence-corrected chi connectivity index (χ4v) is 3.04. The third-order valence-corrected chi connectivity index (χ3v) is 4.21. The fraction of sp³-hybridized carbons (Fsp3) is 0.500.